The van der Waals surface area contributed by atoms with Crippen molar-refractivity contribution in [1.82, 2.24) is 24.5 Å². The molecule has 0 aromatic carbocycles. The molecule has 13 heteroatoms. The lowest BCUT2D eigenvalue weighted by atomic mass is 10.1. The molecule has 3 aliphatic heterocycles. The van der Waals surface area contributed by atoms with E-state index in [2.05, 4.69) is 14.7 Å². The van der Waals surface area contributed by atoms with E-state index in [1.165, 1.54) is 12.0 Å². The van der Waals surface area contributed by atoms with Crippen molar-refractivity contribution in [1.29, 1.82) is 5.41 Å². The number of piperazine rings is 2. The summed E-state index contributed by atoms with van der Waals surface area (Å²) in [5, 5.41) is 7.97. The monoisotopic (exact) mass is 525 g/mol. The Hall–Kier alpha value is -2.64. The molecule has 3 N–H and O–H groups in total. The highest BCUT2D eigenvalue weighted by Crippen LogP contribution is 2.18. The Labute approximate surface area is 219 Å². The van der Waals surface area contributed by atoms with Crippen LogP contribution in [-0.4, -0.2) is 152 Å². The molecule has 2 unspecified atom stereocenters. The van der Waals surface area contributed by atoms with E-state index in [1.807, 2.05) is 0 Å². The Morgan fingerprint density at radius 1 is 1.00 bits per heavy atom. The second kappa shape index (κ2) is 12.7. The summed E-state index contributed by atoms with van der Waals surface area (Å²) in [7, 11) is 1.40. The Morgan fingerprint density at radius 2 is 1.65 bits per heavy atom. The number of amidine groups is 1. The van der Waals surface area contributed by atoms with Gasteiger partial charge in [0, 0.05) is 72.0 Å². The molecule has 0 aliphatic carbocycles. The average molecular weight is 526 g/mol. The van der Waals surface area contributed by atoms with Gasteiger partial charge in [-0.2, -0.15) is 0 Å². The molecule has 3 fully saturated rings. The van der Waals surface area contributed by atoms with Crippen molar-refractivity contribution in [3.05, 3.63) is 0 Å². The van der Waals surface area contributed by atoms with Crippen LogP contribution < -0.4 is 5.73 Å². The topological polar surface area (TPSA) is 145 Å². The largest absolute Gasteiger partial charge is 0.469 e. The van der Waals surface area contributed by atoms with Crippen LogP contribution in [0.2, 0.25) is 0 Å². The number of nitrogens with one attached hydrogen (secondary N) is 1. The fraction of sp³-hybridized carbons (Fsp3) is 0.833. The first-order chi connectivity index (χ1) is 17.4. The smallest absolute Gasteiger partial charge is 0.411 e. The summed E-state index contributed by atoms with van der Waals surface area (Å²) < 4.78 is 15.8. The summed E-state index contributed by atoms with van der Waals surface area (Å²) in [5.74, 6) is -0.274. The number of esters is 1. The summed E-state index contributed by atoms with van der Waals surface area (Å²) in [6.45, 7) is 13.3. The van der Waals surface area contributed by atoms with Crippen LogP contribution in [0.3, 0.4) is 0 Å². The van der Waals surface area contributed by atoms with Crippen LogP contribution in [0, 0.1) is 5.41 Å². The highest BCUT2D eigenvalue weighted by atomic mass is 16.6. The van der Waals surface area contributed by atoms with Crippen LogP contribution in [0.1, 0.15) is 27.2 Å². The minimum Gasteiger partial charge on any atom is -0.469 e. The van der Waals surface area contributed by atoms with E-state index in [0.717, 1.165) is 26.2 Å². The van der Waals surface area contributed by atoms with E-state index in [1.54, 1.807) is 25.7 Å². The van der Waals surface area contributed by atoms with Gasteiger partial charge in [-0.25, -0.2) is 9.59 Å². The predicted molar refractivity (Wildman–Crippen MR) is 136 cm³/mol. The SMILES string of the molecule is COC(=O)CCN1CCN(CC2CN(CCN3CCN(C(=O)OC(C)(C)C)C(C(=N)N)C3)C(=O)O2)CC1. The van der Waals surface area contributed by atoms with E-state index in [9.17, 15) is 14.4 Å². The second-order valence-corrected chi connectivity index (χ2v) is 10.9. The Morgan fingerprint density at radius 3 is 2.27 bits per heavy atom. The van der Waals surface area contributed by atoms with Crippen molar-refractivity contribution in [2.45, 2.75) is 44.9 Å². The van der Waals surface area contributed by atoms with Crippen molar-refractivity contribution in [3.8, 4) is 0 Å². The zero-order valence-electron chi connectivity index (χ0n) is 22.6. The van der Waals surface area contributed by atoms with Crippen LogP contribution in [0.15, 0.2) is 0 Å². The third kappa shape index (κ3) is 8.71. The molecule has 210 valence electrons. The van der Waals surface area contributed by atoms with Crippen molar-refractivity contribution < 1.29 is 28.6 Å². The van der Waals surface area contributed by atoms with Crippen molar-refractivity contribution >= 4 is 24.0 Å². The van der Waals surface area contributed by atoms with Crippen LogP contribution in [0.5, 0.6) is 0 Å². The summed E-state index contributed by atoms with van der Waals surface area (Å²) in [6.07, 6.45) is -0.558. The van der Waals surface area contributed by atoms with E-state index < -0.39 is 17.7 Å². The van der Waals surface area contributed by atoms with E-state index in [0.29, 0.717) is 58.8 Å². The first-order valence-electron chi connectivity index (χ1n) is 13.0. The van der Waals surface area contributed by atoms with E-state index >= 15 is 0 Å². The maximum atomic E-state index is 12.6. The Bertz CT molecular complexity index is 827. The molecule has 0 aromatic heterocycles. The fourth-order valence-electron chi connectivity index (χ4n) is 4.80. The van der Waals surface area contributed by atoms with Gasteiger partial charge in [0.2, 0.25) is 0 Å². The summed E-state index contributed by atoms with van der Waals surface area (Å²) in [5.41, 5.74) is 5.18. The maximum absolute atomic E-state index is 12.6. The highest BCUT2D eigenvalue weighted by Gasteiger charge is 2.37. The molecule has 0 radical (unpaired) electrons. The second-order valence-electron chi connectivity index (χ2n) is 10.9. The molecule has 0 aromatic rings. The Balaban J connectivity index is 1.40. The minimum atomic E-state index is -0.625. The molecule has 3 aliphatic rings. The molecule has 37 heavy (non-hydrogen) atoms. The zero-order valence-corrected chi connectivity index (χ0v) is 22.6. The molecule has 13 nitrogen and oxygen atoms in total. The van der Waals surface area contributed by atoms with Gasteiger partial charge < -0.3 is 29.7 Å². The molecule has 0 spiro atoms. The third-order valence-electron chi connectivity index (χ3n) is 6.87. The number of hydrogen-bond acceptors (Lipinski definition) is 10. The van der Waals surface area contributed by atoms with Gasteiger partial charge in [-0.15, -0.1) is 0 Å². The van der Waals surface area contributed by atoms with Crippen LogP contribution in [0.25, 0.3) is 0 Å². The van der Waals surface area contributed by atoms with Crippen molar-refractivity contribution in [2.75, 3.05) is 85.6 Å². The number of carbonyl (C=O) groups is 3. The molecule has 2 amide bonds. The molecule has 0 bridgehead atoms. The highest BCUT2D eigenvalue weighted by molar-refractivity contribution is 5.87. The number of cyclic esters (lactones) is 1. The standard InChI is InChI=1S/C24H43N7O6/c1-24(2,3)37-23(34)31-14-12-29(17-19(31)21(25)26)11-13-30-16-18(36-22(30)33)15-28-9-7-27(8-10-28)6-5-20(32)35-4/h18-19H,5-17H2,1-4H3,(H3,25,26). The number of methoxy groups -OCH3 is 1. The number of carbonyl (C=O) groups excluding carboxylic acids is 3. The van der Waals surface area contributed by atoms with Gasteiger partial charge in [-0.1, -0.05) is 0 Å². The molecule has 3 saturated heterocycles. The van der Waals surface area contributed by atoms with E-state index in [-0.39, 0.29) is 24.0 Å². The first-order valence-corrected chi connectivity index (χ1v) is 13.0. The van der Waals surface area contributed by atoms with Gasteiger partial charge in [0.15, 0.2) is 0 Å². The van der Waals surface area contributed by atoms with Gasteiger partial charge in [0.05, 0.1) is 20.1 Å². The molecular weight excluding hydrogens is 482 g/mol. The lowest BCUT2D eigenvalue weighted by Crippen LogP contribution is -2.61. The first kappa shape index (κ1) is 28.9. The van der Waals surface area contributed by atoms with Gasteiger partial charge >= 0.3 is 18.2 Å². The normalized spacial score (nSPS) is 24.2. The van der Waals surface area contributed by atoms with Crippen LogP contribution in [-0.2, 0) is 19.0 Å². The van der Waals surface area contributed by atoms with Gasteiger partial charge in [-0.05, 0) is 20.8 Å². The lowest BCUT2D eigenvalue weighted by molar-refractivity contribution is -0.141. The number of rotatable bonds is 9. The Kier molecular flexibility index (Phi) is 9.96. The number of amides is 2. The summed E-state index contributed by atoms with van der Waals surface area (Å²) >= 11 is 0. The number of ether oxygens (including phenoxy) is 3. The third-order valence-corrected chi connectivity index (χ3v) is 6.87. The van der Waals surface area contributed by atoms with Gasteiger partial charge in [0.25, 0.3) is 0 Å². The fourth-order valence-corrected chi connectivity index (χ4v) is 4.80. The molecular formula is C24H43N7O6. The molecule has 0 saturated carbocycles. The van der Waals surface area contributed by atoms with E-state index in [4.69, 9.17) is 25.4 Å². The molecule has 2 atom stereocenters. The average Bonchev–Trinajstić information content (AvgIpc) is 3.19. The van der Waals surface area contributed by atoms with Crippen molar-refractivity contribution in [3.63, 3.8) is 0 Å². The summed E-state index contributed by atoms with van der Waals surface area (Å²) in [6, 6.07) is -0.562. The quantitative estimate of drug-likeness (QED) is 0.180. The summed E-state index contributed by atoms with van der Waals surface area (Å²) in [4.78, 5) is 46.3. The predicted octanol–water partition coefficient (Wildman–Crippen LogP) is -0.155. The van der Waals surface area contributed by atoms with Crippen LogP contribution in [0.4, 0.5) is 9.59 Å². The number of nitrogens with zero attached hydrogens (tertiary/aromatic N) is 5. The molecule has 3 heterocycles. The minimum absolute atomic E-state index is 0.0819. The van der Waals surface area contributed by atoms with Crippen molar-refractivity contribution in [2.24, 2.45) is 5.73 Å². The molecule has 3 rings (SSSR count). The zero-order chi connectivity index (χ0) is 27.2. The van der Waals surface area contributed by atoms with Crippen LogP contribution >= 0.6 is 0 Å². The maximum Gasteiger partial charge on any atom is 0.411 e. The van der Waals surface area contributed by atoms with Gasteiger partial charge in [0.1, 0.15) is 23.6 Å². The van der Waals surface area contributed by atoms with Gasteiger partial charge in [-0.3, -0.25) is 24.9 Å². The number of nitrogens with two attached hydrogens (primary N) is 1. The lowest BCUT2D eigenvalue weighted by Gasteiger charge is -2.41. The number of hydrogen-bond donors (Lipinski definition) is 2.